The monoisotopic (exact) mass is 195 g/mol. The summed E-state index contributed by atoms with van der Waals surface area (Å²) in [6, 6.07) is 3.03. The molecule has 1 aromatic rings. The summed E-state index contributed by atoms with van der Waals surface area (Å²) in [5.41, 5.74) is 1.51. The average molecular weight is 195 g/mol. The van der Waals surface area contributed by atoms with Crippen LogP contribution < -0.4 is 5.32 Å². The van der Waals surface area contributed by atoms with Gasteiger partial charge in [-0.25, -0.2) is 0 Å². The Morgan fingerprint density at radius 1 is 1.69 bits per heavy atom. The van der Waals surface area contributed by atoms with E-state index in [2.05, 4.69) is 29.1 Å². The zero-order chi connectivity index (χ0) is 9.10. The van der Waals surface area contributed by atoms with Crippen molar-refractivity contribution in [3.05, 3.63) is 22.4 Å². The van der Waals surface area contributed by atoms with Crippen LogP contribution in [0.25, 0.3) is 0 Å². The molecule has 1 aromatic heterocycles. The number of hydrogen-bond donors (Lipinski definition) is 1. The first kappa shape index (κ1) is 9.22. The molecular formula is C11H17NS. The third-order valence-corrected chi connectivity index (χ3v) is 3.61. The first-order valence-corrected chi connectivity index (χ1v) is 6.06. The highest BCUT2D eigenvalue weighted by molar-refractivity contribution is 7.07. The van der Waals surface area contributed by atoms with Gasteiger partial charge in [0.1, 0.15) is 0 Å². The standard InChI is InChI=1S/C11H17NS/c1-9(10-4-6-13-8-10)7-11-3-2-5-12-11/h4,6,8-9,11-12H,2-3,5,7H2,1H3. The van der Waals surface area contributed by atoms with Gasteiger partial charge in [0.25, 0.3) is 0 Å². The van der Waals surface area contributed by atoms with E-state index in [-0.39, 0.29) is 0 Å². The fourth-order valence-corrected chi connectivity index (χ4v) is 2.86. The third-order valence-electron chi connectivity index (χ3n) is 2.91. The number of hydrogen-bond acceptors (Lipinski definition) is 2. The molecular weight excluding hydrogens is 178 g/mol. The minimum atomic E-state index is 0.724. The van der Waals surface area contributed by atoms with E-state index < -0.39 is 0 Å². The van der Waals surface area contributed by atoms with Crippen molar-refractivity contribution >= 4 is 11.3 Å². The second kappa shape index (κ2) is 4.25. The van der Waals surface area contributed by atoms with Crippen LogP contribution in [0.5, 0.6) is 0 Å². The molecule has 13 heavy (non-hydrogen) atoms. The average Bonchev–Trinajstić information content (AvgIpc) is 2.74. The van der Waals surface area contributed by atoms with E-state index in [0.717, 1.165) is 12.0 Å². The Morgan fingerprint density at radius 3 is 3.23 bits per heavy atom. The summed E-state index contributed by atoms with van der Waals surface area (Å²) in [7, 11) is 0. The third kappa shape index (κ3) is 2.32. The van der Waals surface area contributed by atoms with Gasteiger partial charge < -0.3 is 5.32 Å². The first-order chi connectivity index (χ1) is 6.36. The Labute approximate surface area is 84.2 Å². The van der Waals surface area contributed by atoms with Gasteiger partial charge in [-0.2, -0.15) is 11.3 Å². The molecule has 72 valence electrons. The second-order valence-corrected chi connectivity index (χ2v) is 4.77. The molecule has 0 saturated carbocycles. The van der Waals surface area contributed by atoms with Crippen molar-refractivity contribution in [3.8, 4) is 0 Å². The molecule has 0 radical (unpaired) electrons. The largest absolute Gasteiger partial charge is 0.314 e. The van der Waals surface area contributed by atoms with Crippen molar-refractivity contribution in [2.45, 2.75) is 38.1 Å². The molecule has 1 fully saturated rings. The highest BCUT2D eigenvalue weighted by Gasteiger charge is 2.17. The molecule has 1 nitrogen and oxygen atoms in total. The van der Waals surface area contributed by atoms with Crippen molar-refractivity contribution in [1.82, 2.24) is 5.32 Å². The van der Waals surface area contributed by atoms with E-state index in [9.17, 15) is 0 Å². The molecule has 2 atom stereocenters. The van der Waals surface area contributed by atoms with E-state index in [0.29, 0.717) is 0 Å². The summed E-state index contributed by atoms with van der Waals surface area (Å²) in [5, 5.41) is 8.00. The molecule has 2 rings (SSSR count). The molecule has 1 aliphatic heterocycles. The lowest BCUT2D eigenvalue weighted by Crippen LogP contribution is -2.22. The molecule has 1 aliphatic rings. The zero-order valence-electron chi connectivity index (χ0n) is 8.12. The Balaban J connectivity index is 1.87. The molecule has 2 heteroatoms. The number of nitrogens with one attached hydrogen (secondary N) is 1. The van der Waals surface area contributed by atoms with Crippen LogP contribution in [0.3, 0.4) is 0 Å². The van der Waals surface area contributed by atoms with E-state index >= 15 is 0 Å². The molecule has 2 unspecified atom stereocenters. The minimum Gasteiger partial charge on any atom is -0.314 e. The van der Waals surface area contributed by atoms with Crippen molar-refractivity contribution in [2.75, 3.05) is 6.54 Å². The lowest BCUT2D eigenvalue weighted by Gasteiger charge is -2.15. The summed E-state index contributed by atoms with van der Waals surface area (Å²) in [6.45, 7) is 3.56. The van der Waals surface area contributed by atoms with Gasteiger partial charge in [0, 0.05) is 6.04 Å². The molecule has 0 aromatic carbocycles. The van der Waals surface area contributed by atoms with Crippen LogP contribution in [0.15, 0.2) is 16.8 Å². The Kier molecular flexibility index (Phi) is 3.01. The van der Waals surface area contributed by atoms with Crippen molar-refractivity contribution in [1.29, 1.82) is 0 Å². The predicted molar refractivity (Wildman–Crippen MR) is 58.4 cm³/mol. The summed E-state index contributed by atoms with van der Waals surface area (Å²) in [4.78, 5) is 0. The normalized spacial score (nSPS) is 24.8. The van der Waals surface area contributed by atoms with Crippen molar-refractivity contribution < 1.29 is 0 Å². The molecule has 2 heterocycles. The van der Waals surface area contributed by atoms with Crippen LogP contribution in [0.2, 0.25) is 0 Å². The van der Waals surface area contributed by atoms with Gasteiger partial charge in [0.05, 0.1) is 0 Å². The predicted octanol–water partition coefficient (Wildman–Crippen LogP) is 2.99. The quantitative estimate of drug-likeness (QED) is 0.782. The summed E-state index contributed by atoms with van der Waals surface area (Å²) >= 11 is 1.81. The highest BCUT2D eigenvalue weighted by atomic mass is 32.1. The molecule has 0 spiro atoms. The van der Waals surface area contributed by atoms with E-state index in [1.165, 1.54) is 31.4 Å². The van der Waals surface area contributed by atoms with Crippen LogP contribution in [0.4, 0.5) is 0 Å². The van der Waals surface area contributed by atoms with E-state index in [1.54, 1.807) is 11.3 Å². The highest BCUT2D eigenvalue weighted by Crippen LogP contribution is 2.25. The van der Waals surface area contributed by atoms with Crippen LogP contribution in [-0.2, 0) is 0 Å². The first-order valence-electron chi connectivity index (χ1n) is 5.12. The van der Waals surface area contributed by atoms with Crippen molar-refractivity contribution in [2.24, 2.45) is 0 Å². The lowest BCUT2D eigenvalue weighted by molar-refractivity contribution is 0.511. The van der Waals surface area contributed by atoms with Crippen LogP contribution in [0, 0.1) is 0 Å². The fourth-order valence-electron chi connectivity index (χ4n) is 2.08. The van der Waals surface area contributed by atoms with Gasteiger partial charge in [0.2, 0.25) is 0 Å². The summed E-state index contributed by atoms with van der Waals surface area (Å²) < 4.78 is 0. The molecule has 0 amide bonds. The van der Waals surface area contributed by atoms with Crippen LogP contribution in [-0.4, -0.2) is 12.6 Å². The van der Waals surface area contributed by atoms with Crippen LogP contribution >= 0.6 is 11.3 Å². The maximum absolute atomic E-state index is 3.55. The van der Waals surface area contributed by atoms with E-state index in [4.69, 9.17) is 0 Å². The van der Waals surface area contributed by atoms with Gasteiger partial charge in [-0.3, -0.25) is 0 Å². The molecule has 1 saturated heterocycles. The number of thiophene rings is 1. The fraction of sp³-hybridized carbons (Fsp3) is 0.636. The van der Waals surface area contributed by atoms with Gasteiger partial charge in [-0.15, -0.1) is 0 Å². The second-order valence-electron chi connectivity index (χ2n) is 3.99. The smallest absolute Gasteiger partial charge is 0.00732 e. The molecule has 1 N–H and O–H groups in total. The summed E-state index contributed by atoms with van der Waals surface area (Å²) in [5.74, 6) is 0.724. The molecule has 0 bridgehead atoms. The van der Waals surface area contributed by atoms with E-state index in [1.807, 2.05) is 0 Å². The van der Waals surface area contributed by atoms with Gasteiger partial charge >= 0.3 is 0 Å². The minimum absolute atomic E-state index is 0.724. The SMILES string of the molecule is CC(CC1CCCN1)c1ccsc1. The maximum Gasteiger partial charge on any atom is 0.00732 e. The summed E-state index contributed by atoms with van der Waals surface area (Å²) in [6.07, 6.45) is 4.03. The zero-order valence-corrected chi connectivity index (χ0v) is 8.94. The maximum atomic E-state index is 3.55. The van der Waals surface area contributed by atoms with Gasteiger partial charge in [0.15, 0.2) is 0 Å². The van der Waals surface area contributed by atoms with Gasteiger partial charge in [-0.05, 0) is 54.1 Å². The van der Waals surface area contributed by atoms with Crippen molar-refractivity contribution in [3.63, 3.8) is 0 Å². The Morgan fingerprint density at radius 2 is 2.62 bits per heavy atom. The van der Waals surface area contributed by atoms with Crippen LogP contribution in [0.1, 0.15) is 37.7 Å². The number of rotatable bonds is 3. The Bertz CT molecular complexity index is 237. The lowest BCUT2D eigenvalue weighted by atomic mass is 9.95. The Hall–Kier alpha value is -0.340. The van der Waals surface area contributed by atoms with Gasteiger partial charge in [-0.1, -0.05) is 6.92 Å². The molecule has 0 aliphatic carbocycles. The topological polar surface area (TPSA) is 12.0 Å².